The summed E-state index contributed by atoms with van der Waals surface area (Å²) >= 11 is 0. The summed E-state index contributed by atoms with van der Waals surface area (Å²) in [6.07, 6.45) is 0. The lowest BCUT2D eigenvalue weighted by Gasteiger charge is -2.14. The van der Waals surface area contributed by atoms with Crippen molar-refractivity contribution in [3.05, 3.63) is 77.5 Å². The SMILES string of the molecule is CCOC(=O)c1cc(C)n(Cc2ccccc2)c1-c1ccc(OC)cc1. The summed E-state index contributed by atoms with van der Waals surface area (Å²) in [6, 6.07) is 19.9. The number of benzene rings is 2. The van der Waals surface area contributed by atoms with E-state index in [0.717, 1.165) is 22.7 Å². The Kier molecular flexibility index (Phi) is 5.42. The van der Waals surface area contributed by atoms with Crippen LogP contribution in [0.1, 0.15) is 28.5 Å². The van der Waals surface area contributed by atoms with E-state index in [4.69, 9.17) is 9.47 Å². The molecule has 2 aromatic carbocycles. The molecule has 0 aliphatic rings. The largest absolute Gasteiger partial charge is 0.497 e. The number of esters is 1. The average molecular weight is 349 g/mol. The van der Waals surface area contributed by atoms with E-state index in [1.165, 1.54) is 5.56 Å². The Morgan fingerprint density at radius 3 is 2.35 bits per heavy atom. The predicted octanol–water partition coefficient (Wildman–Crippen LogP) is 4.70. The highest BCUT2D eigenvalue weighted by atomic mass is 16.5. The van der Waals surface area contributed by atoms with Crippen molar-refractivity contribution < 1.29 is 14.3 Å². The van der Waals surface area contributed by atoms with Crippen molar-refractivity contribution in [2.45, 2.75) is 20.4 Å². The lowest BCUT2D eigenvalue weighted by Crippen LogP contribution is -2.08. The Morgan fingerprint density at radius 1 is 1.04 bits per heavy atom. The van der Waals surface area contributed by atoms with Crippen molar-refractivity contribution in [3.8, 4) is 17.0 Å². The molecule has 0 bridgehead atoms. The number of hydrogen-bond acceptors (Lipinski definition) is 3. The van der Waals surface area contributed by atoms with Crippen molar-refractivity contribution in [1.82, 2.24) is 4.57 Å². The Labute approximate surface area is 154 Å². The van der Waals surface area contributed by atoms with Gasteiger partial charge in [-0.1, -0.05) is 30.3 Å². The highest BCUT2D eigenvalue weighted by Crippen LogP contribution is 2.30. The van der Waals surface area contributed by atoms with Crippen LogP contribution in [0.25, 0.3) is 11.3 Å². The quantitative estimate of drug-likeness (QED) is 0.606. The Bertz CT molecular complexity index is 880. The van der Waals surface area contributed by atoms with E-state index in [9.17, 15) is 4.79 Å². The lowest BCUT2D eigenvalue weighted by molar-refractivity contribution is 0.0527. The van der Waals surface area contributed by atoms with Crippen LogP contribution in [0.15, 0.2) is 60.7 Å². The van der Waals surface area contributed by atoms with Gasteiger partial charge in [0.05, 0.1) is 25.0 Å². The lowest BCUT2D eigenvalue weighted by atomic mass is 10.1. The predicted molar refractivity (Wildman–Crippen MR) is 103 cm³/mol. The number of carbonyl (C=O) groups excluding carboxylic acids is 1. The number of ether oxygens (including phenoxy) is 2. The second-order valence-electron chi connectivity index (χ2n) is 6.07. The topological polar surface area (TPSA) is 40.5 Å². The maximum absolute atomic E-state index is 12.5. The molecule has 0 amide bonds. The zero-order valence-electron chi connectivity index (χ0n) is 15.4. The molecule has 4 nitrogen and oxygen atoms in total. The number of aromatic nitrogens is 1. The summed E-state index contributed by atoms with van der Waals surface area (Å²) in [5, 5.41) is 0. The van der Waals surface area contributed by atoms with E-state index in [2.05, 4.69) is 16.7 Å². The van der Waals surface area contributed by atoms with E-state index >= 15 is 0 Å². The zero-order valence-corrected chi connectivity index (χ0v) is 15.4. The molecule has 0 radical (unpaired) electrons. The van der Waals surface area contributed by atoms with Gasteiger partial charge in [-0.25, -0.2) is 4.79 Å². The van der Waals surface area contributed by atoms with E-state index < -0.39 is 0 Å². The molecular formula is C22H23NO3. The summed E-state index contributed by atoms with van der Waals surface area (Å²) in [4.78, 5) is 12.5. The number of carbonyl (C=O) groups is 1. The number of methoxy groups -OCH3 is 1. The highest BCUT2D eigenvalue weighted by Gasteiger charge is 2.21. The highest BCUT2D eigenvalue weighted by molar-refractivity contribution is 5.97. The monoisotopic (exact) mass is 349 g/mol. The van der Waals surface area contributed by atoms with Gasteiger partial charge >= 0.3 is 5.97 Å². The van der Waals surface area contributed by atoms with Crippen molar-refractivity contribution in [1.29, 1.82) is 0 Å². The molecule has 0 saturated carbocycles. The number of aryl methyl sites for hydroxylation is 1. The molecule has 0 unspecified atom stereocenters. The maximum atomic E-state index is 12.5. The van der Waals surface area contributed by atoms with Crippen LogP contribution in [0.4, 0.5) is 0 Å². The molecule has 26 heavy (non-hydrogen) atoms. The smallest absolute Gasteiger partial charge is 0.340 e. The van der Waals surface area contributed by atoms with E-state index in [0.29, 0.717) is 18.7 Å². The van der Waals surface area contributed by atoms with Gasteiger partial charge in [0.25, 0.3) is 0 Å². The molecule has 134 valence electrons. The molecular weight excluding hydrogens is 326 g/mol. The minimum absolute atomic E-state index is 0.298. The molecule has 0 aliphatic heterocycles. The van der Waals surface area contributed by atoms with E-state index in [-0.39, 0.29) is 5.97 Å². The van der Waals surface area contributed by atoms with Gasteiger partial charge in [-0.15, -0.1) is 0 Å². The number of hydrogen-bond donors (Lipinski definition) is 0. The van der Waals surface area contributed by atoms with Crippen LogP contribution in [0.3, 0.4) is 0 Å². The zero-order chi connectivity index (χ0) is 18.5. The van der Waals surface area contributed by atoms with Gasteiger partial charge in [0, 0.05) is 12.2 Å². The summed E-state index contributed by atoms with van der Waals surface area (Å²) in [7, 11) is 1.64. The van der Waals surface area contributed by atoms with Crippen molar-refractivity contribution in [2.75, 3.05) is 13.7 Å². The molecule has 3 aromatic rings. The molecule has 0 N–H and O–H groups in total. The number of rotatable bonds is 6. The van der Waals surface area contributed by atoms with Gasteiger partial charge < -0.3 is 14.0 Å². The second-order valence-corrected chi connectivity index (χ2v) is 6.07. The first-order valence-corrected chi connectivity index (χ1v) is 8.69. The van der Waals surface area contributed by atoms with Gasteiger partial charge in [0.15, 0.2) is 0 Å². The van der Waals surface area contributed by atoms with Crippen molar-refractivity contribution in [3.63, 3.8) is 0 Å². The van der Waals surface area contributed by atoms with Crippen LogP contribution in [0, 0.1) is 6.92 Å². The normalized spacial score (nSPS) is 10.6. The summed E-state index contributed by atoms with van der Waals surface area (Å²) < 4.78 is 12.7. The Hall–Kier alpha value is -3.01. The van der Waals surface area contributed by atoms with Gasteiger partial charge in [0.2, 0.25) is 0 Å². The van der Waals surface area contributed by atoms with E-state index in [1.807, 2.05) is 62.4 Å². The van der Waals surface area contributed by atoms with Gasteiger partial charge in [-0.05, 0) is 55.3 Å². The maximum Gasteiger partial charge on any atom is 0.340 e. The summed E-state index contributed by atoms with van der Waals surface area (Å²) in [5.74, 6) is 0.484. The Morgan fingerprint density at radius 2 is 1.73 bits per heavy atom. The van der Waals surface area contributed by atoms with Crippen LogP contribution >= 0.6 is 0 Å². The van der Waals surface area contributed by atoms with E-state index in [1.54, 1.807) is 7.11 Å². The third-order valence-corrected chi connectivity index (χ3v) is 4.35. The first kappa shape index (κ1) is 17.8. The molecule has 1 aromatic heterocycles. The first-order valence-electron chi connectivity index (χ1n) is 8.69. The molecule has 4 heteroatoms. The first-order chi connectivity index (χ1) is 12.6. The van der Waals surface area contributed by atoms with Gasteiger partial charge in [-0.2, -0.15) is 0 Å². The molecule has 0 aliphatic carbocycles. The molecule has 0 atom stereocenters. The van der Waals surface area contributed by atoms with Crippen LogP contribution in [-0.2, 0) is 11.3 Å². The minimum Gasteiger partial charge on any atom is -0.497 e. The average Bonchev–Trinajstić information content (AvgIpc) is 2.99. The third kappa shape index (κ3) is 3.64. The van der Waals surface area contributed by atoms with Gasteiger partial charge in [-0.3, -0.25) is 0 Å². The minimum atomic E-state index is -0.298. The van der Waals surface area contributed by atoms with Crippen molar-refractivity contribution >= 4 is 5.97 Å². The van der Waals surface area contributed by atoms with Crippen LogP contribution in [0.5, 0.6) is 5.75 Å². The molecule has 0 spiro atoms. The Balaban J connectivity index is 2.11. The fourth-order valence-electron chi connectivity index (χ4n) is 3.07. The standard InChI is InChI=1S/C22H23NO3/c1-4-26-22(24)20-14-16(2)23(15-17-8-6-5-7-9-17)21(20)18-10-12-19(25-3)13-11-18/h5-14H,4,15H2,1-3H3. The van der Waals surface area contributed by atoms with Gasteiger partial charge in [0.1, 0.15) is 5.75 Å². The summed E-state index contributed by atoms with van der Waals surface area (Å²) in [6.45, 7) is 4.87. The van der Waals surface area contributed by atoms with Crippen molar-refractivity contribution in [2.24, 2.45) is 0 Å². The fourth-order valence-corrected chi connectivity index (χ4v) is 3.07. The molecule has 1 heterocycles. The fraction of sp³-hybridized carbons (Fsp3) is 0.227. The molecule has 0 fully saturated rings. The van der Waals surface area contributed by atoms with Crippen LogP contribution < -0.4 is 4.74 Å². The summed E-state index contributed by atoms with van der Waals surface area (Å²) in [5.41, 5.74) is 4.61. The van der Waals surface area contributed by atoms with Crippen LogP contribution in [-0.4, -0.2) is 24.3 Å². The third-order valence-electron chi connectivity index (χ3n) is 4.35. The number of nitrogens with zero attached hydrogens (tertiary/aromatic N) is 1. The molecule has 3 rings (SSSR count). The van der Waals surface area contributed by atoms with Crippen LogP contribution in [0.2, 0.25) is 0 Å². The molecule has 0 saturated heterocycles. The second kappa shape index (κ2) is 7.91.